The van der Waals surface area contributed by atoms with Crippen LogP contribution in [0.1, 0.15) is 18.3 Å². The maximum absolute atomic E-state index is 12.6. The molecule has 4 nitrogen and oxygen atoms in total. The molecule has 1 N–H and O–H groups in total. The summed E-state index contributed by atoms with van der Waals surface area (Å²) in [5, 5.41) is 10.5. The monoisotopic (exact) mass is 418 g/mol. The van der Waals surface area contributed by atoms with Crippen molar-refractivity contribution in [3.63, 3.8) is 0 Å². The molecule has 0 atom stereocenters. The number of hydrogen-bond acceptors (Lipinski definition) is 3. The Balaban J connectivity index is 2.16. The van der Waals surface area contributed by atoms with Gasteiger partial charge in [0, 0.05) is 15.7 Å². The molecule has 0 spiro atoms. The van der Waals surface area contributed by atoms with E-state index in [2.05, 4.69) is 27.6 Å². The van der Waals surface area contributed by atoms with Crippen molar-refractivity contribution in [2.45, 2.75) is 13.5 Å². The number of phenolic OH excluding ortho intramolecular Hbond substituents is 1. The van der Waals surface area contributed by atoms with Crippen LogP contribution in [0, 0.1) is 3.57 Å². The van der Waals surface area contributed by atoms with Gasteiger partial charge < -0.3 is 5.11 Å². The molecule has 0 unspecified atom stereocenters. The lowest BCUT2D eigenvalue weighted by molar-refractivity contribution is 0.474. The van der Waals surface area contributed by atoms with Gasteiger partial charge in [0.15, 0.2) is 0 Å². The highest BCUT2D eigenvalue weighted by atomic mass is 127. The summed E-state index contributed by atoms with van der Waals surface area (Å²) >= 11 is 2.19. The third kappa shape index (κ3) is 3.14. The Hall–Kier alpha value is -2.15. The molecule has 3 aromatic rings. The smallest absolute Gasteiger partial charge is 0.261 e. The van der Waals surface area contributed by atoms with Gasteiger partial charge in [0.1, 0.15) is 11.6 Å². The van der Waals surface area contributed by atoms with Crippen molar-refractivity contribution in [3.05, 3.63) is 67.8 Å². The first kappa shape index (κ1) is 15.7. The van der Waals surface area contributed by atoms with Gasteiger partial charge in [-0.15, -0.1) is 0 Å². The molecule has 3 rings (SSSR count). The lowest BCUT2D eigenvalue weighted by Gasteiger charge is -2.09. The van der Waals surface area contributed by atoms with E-state index < -0.39 is 0 Å². The third-order valence-electron chi connectivity index (χ3n) is 3.61. The maximum Gasteiger partial charge on any atom is 0.261 e. The van der Waals surface area contributed by atoms with Gasteiger partial charge in [0.2, 0.25) is 0 Å². The highest BCUT2D eigenvalue weighted by Gasteiger charge is 2.08. The van der Waals surface area contributed by atoms with E-state index in [9.17, 15) is 9.90 Å². The van der Waals surface area contributed by atoms with Crippen LogP contribution in [-0.4, -0.2) is 14.7 Å². The second-order valence-electron chi connectivity index (χ2n) is 5.07. The molecular weight excluding hydrogens is 403 g/mol. The van der Waals surface area contributed by atoms with E-state index in [0.29, 0.717) is 28.8 Å². The molecule has 0 radical (unpaired) electrons. The Morgan fingerprint density at radius 3 is 2.74 bits per heavy atom. The molecule has 0 aliphatic rings. The van der Waals surface area contributed by atoms with Crippen LogP contribution in [0.3, 0.4) is 0 Å². The number of para-hydroxylation sites is 1. The van der Waals surface area contributed by atoms with Crippen molar-refractivity contribution in [1.82, 2.24) is 9.55 Å². The summed E-state index contributed by atoms with van der Waals surface area (Å²) in [5.41, 5.74) is 1.32. The van der Waals surface area contributed by atoms with Crippen molar-refractivity contribution >= 4 is 45.6 Å². The second kappa shape index (κ2) is 6.54. The molecular formula is C18H15IN2O2. The summed E-state index contributed by atoms with van der Waals surface area (Å²) < 4.78 is 2.64. The van der Waals surface area contributed by atoms with Crippen LogP contribution in [0.4, 0.5) is 0 Å². The number of fused-ring (bicyclic) bond motifs is 1. The predicted octanol–water partition coefficient (Wildman–Crippen LogP) is 3.90. The van der Waals surface area contributed by atoms with Crippen molar-refractivity contribution in [2.75, 3.05) is 0 Å². The summed E-state index contributed by atoms with van der Waals surface area (Å²) in [7, 11) is 0. The highest BCUT2D eigenvalue weighted by molar-refractivity contribution is 14.1. The maximum atomic E-state index is 12.6. The summed E-state index contributed by atoms with van der Waals surface area (Å²) in [6.45, 7) is 2.45. The van der Waals surface area contributed by atoms with Gasteiger partial charge >= 0.3 is 0 Å². The summed E-state index contributed by atoms with van der Waals surface area (Å²) in [4.78, 5) is 17.2. The normalized spacial score (nSPS) is 11.4. The minimum absolute atomic E-state index is 0.0482. The highest BCUT2D eigenvalue weighted by Crippen LogP contribution is 2.19. The molecule has 5 heteroatoms. The van der Waals surface area contributed by atoms with Crippen molar-refractivity contribution in [1.29, 1.82) is 0 Å². The molecule has 2 aromatic carbocycles. The Kier molecular flexibility index (Phi) is 4.47. The van der Waals surface area contributed by atoms with Gasteiger partial charge in [-0.1, -0.05) is 18.2 Å². The van der Waals surface area contributed by atoms with Gasteiger partial charge in [-0.3, -0.25) is 9.36 Å². The Morgan fingerprint density at radius 1 is 1.22 bits per heavy atom. The van der Waals surface area contributed by atoms with Crippen LogP contribution in [-0.2, 0) is 6.54 Å². The van der Waals surface area contributed by atoms with Gasteiger partial charge in [-0.05, 0) is 65.9 Å². The number of phenols is 1. The SMILES string of the molecule is CCn1c(C=Cc2ccccc2O)nc2ccc(I)cc2c1=O. The zero-order chi connectivity index (χ0) is 16.4. The van der Waals surface area contributed by atoms with Gasteiger partial charge in [-0.2, -0.15) is 0 Å². The molecule has 23 heavy (non-hydrogen) atoms. The number of rotatable bonds is 3. The first-order valence-corrected chi connectivity index (χ1v) is 8.34. The number of aromatic nitrogens is 2. The van der Waals surface area contributed by atoms with Crippen LogP contribution in [0.15, 0.2) is 47.3 Å². The predicted molar refractivity (Wildman–Crippen MR) is 101 cm³/mol. The molecule has 0 bridgehead atoms. The lowest BCUT2D eigenvalue weighted by Crippen LogP contribution is -2.23. The van der Waals surface area contributed by atoms with Gasteiger partial charge in [-0.25, -0.2) is 4.98 Å². The first-order valence-electron chi connectivity index (χ1n) is 7.26. The van der Waals surface area contributed by atoms with Gasteiger partial charge in [0.25, 0.3) is 5.56 Å². The fourth-order valence-electron chi connectivity index (χ4n) is 2.44. The average Bonchev–Trinajstić information content (AvgIpc) is 2.55. The van der Waals surface area contributed by atoms with Crippen LogP contribution >= 0.6 is 22.6 Å². The first-order chi connectivity index (χ1) is 11.1. The average molecular weight is 418 g/mol. The van der Waals surface area contributed by atoms with Gasteiger partial charge in [0.05, 0.1) is 10.9 Å². The molecule has 0 aliphatic heterocycles. The molecule has 0 saturated heterocycles. The molecule has 1 heterocycles. The zero-order valence-electron chi connectivity index (χ0n) is 12.5. The number of benzene rings is 2. The minimum Gasteiger partial charge on any atom is -0.507 e. The molecule has 1 aromatic heterocycles. The van der Waals surface area contributed by atoms with E-state index in [0.717, 1.165) is 3.57 Å². The van der Waals surface area contributed by atoms with Crippen molar-refractivity contribution in [2.24, 2.45) is 0 Å². The number of nitrogens with zero attached hydrogens (tertiary/aromatic N) is 2. The van der Waals surface area contributed by atoms with E-state index in [1.54, 1.807) is 28.9 Å². The standard InChI is InChI=1S/C18H15IN2O2/c1-2-21-17(10-7-12-5-3-4-6-16(12)22)20-15-9-8-13(19)11-14(15)18(21)23/h3-11,22H,2H2,1H3. The quantitative estimate of drug-likeness (QED) is 0.657. The topological polar surface area (TPSA) is 55.1 Å². The Labute approximate surface area is 147 Å². The molecule has 0 amide bonds. The van der Waals surface area contributed by atoms with E-state index in [1.165, 1.54) is 0 Å². The van der Waals surface area contributed by atoms with Crippen LogP contribution in [0.25, 0.3) is 23.1 Å². The summed E-state index contributed by atoms with van der Waals surface area (Å²) in [6, 6.07) is 12.7. The number of aromatic hydroxyl groups is 1. The minimum atomic E-state index is -0.0482. The zero-order valence-corrected chi connectivity index (χ0v) is 14.7. The van der Waals surface area contributed by atoms with Crippen LogP contribution < -0.4 is 5.56 Å². The fraction of sp³-hybridized carbons (Fsp3) is 0.111. The molecule has 0 saturated carbocycles. The largest absolute Gasteiger partial charge is 0.507 e. The summed E-state index contributed by atoms with van der Waals surface area (Å²) in [5.74, 6) is 0.777. The molecule has 0 fully saturated rings. The molecule has 0 aliphatic carbocycles. The fourth-order valence-corrected chi connectivity index (χ4v) is 2.93. The van der Waals surface area contributed by atoms with Crippen LogP contribution in [0.2, 0.25) is 0 Å². The van der Waals surface area contributed by atoms with E-state index >= 15 is 0 Å². The molecule has 116 valence electrons. The van der Waals surface area contributed by atoms with E-state index in [1.807, 2.05) is 37.3 Å². The van der Waals surface area contributed by atoms with E-state index in [-0.39, 0.29) is 11.3 Å². The van der Waals surface area contributed by atoms with Crippen molar-refractivity contribution < 1.29 is 5.11 Å². The number of hydrogen-bond donors (Lipinski definition) is 1. The Morgan fingerprint density at radius 2 is 2.00 bits per heavy atom. The summed E-state index contributed by atoms with van der Waals surface area (Å²) in [6.07, 6.45) is 3.53. The second-order valence-corrected chi connectivity index (χ2v) is 6.32. The lowest BCUT2D eigenvalue weighted by atomic mass is 10.2. The van der Waals surface area contributed by atoms with E-state index in [4.69, 9.17) is 0 Å². The van der Waals surface area contributed by atoms with Crippen molar-refractivity contribution in [3.8, 4) is 5.75 Å². The Bertz CT molecular complexity index is 961. The third-order valence-corrected chi connectivity index (χ3v) is 4.28. The number of halogens is 1. The van der Waals surface area contributed by atoms with Crippen LogP contribution in [0.5, 0.6) is 5.75 Å².